The molecule has 0 saturated heterocycles. The predicted molar refractivity (Wildman–Crippen MR) is 129 cm³/mol. The predicted octanol–water partition coefficient (Wildman–Crippen LogP) is 3.83. The molecule has 5 heterocycles. The number of carboxylic acid groups (broad SMARTS) is 1. The largest absolute Gasteiger partial charge is 0.478 e. The number of hydrogen-bond acceptors (Lipinski definition) is 7. The van der Waals surface area contributed by atoms with Crippen LogP contribution in [0.5, 0.6) is 0 Å². The van der Waals surface area contributed by atoms with Gasteiger partial charge in [0.1, 0.15) is 12.2 Å². The standard InChI is InChI=1S/C23H16ClN7O3S/c24-14-1-3-18(30-11-26-28-29-30)16(8-14)12-5-15-2-4-19(31(15)21(32)7-12)22-25-9-17(27-22)20-6-13(10-35-20)23(33)34/h1,3,5-11,19H,2,4H2,(H,25,27)(H,33,34). The van der Waals surface area contributed by atoms with Gasteiger partial charge in [-0.2, -0.15) is 4.68 Å². The first-order valence-corrected chi connectivity index (χ1v) is 11.9. The van der Waals surface area contributed by atoms with Gasteiger partial charge >= 0.3 is 5.97 Å². The number of imidazole rings is 1. The molecular weight excluding hydrogens is 490 g/mol. The molecule has 0 fully saturated rings. The maximum Gasteiger partial charge on any atom is 0.336 e. The molecule has 1 aliphatic heterocycles. The Bertz CT molecular complexity index is 1640. The Hall–Kier alpha value is -4.09. The summed E-state index contributed by atoms with van der Waals surface area (Å²) in [4.78, 5) is 33.1. The van der Waals surface area contributed by atoms with Crippen LogP contribution in [-0.2, 0) is 6.42 Å². The molecule has 1 atom stereocenters. The average molecular weight is 506 g/mol. The summed E-state index contributed by atoms with van der Waals surface area (Å²) in [6, 6.07) is 10.3. The molecule has 0 saturated carbocycles. The average Bonchev–Trinajstić information content (AvgIpc) is 3.64. The zero-order chi connectivity index (χ0) is 24.1. The molecule has 12 heteroatoms. The van der Waals surface area contributed by atoms with E-state index >= 15 is 0 Å². The van der Waals surface area contributed by atoms with Crippen LogP contribution in [0.25, 0.3) is 27.4 Å². The van der Waals surface area contributed by atoms with Crippen molar-refractivity contribution in [1.82, 2.24) is 34.7 Å². The normalized spacial score (nSPS) is 14.8. The Morgan fingerprint density at radius 3 is 2.89 bits per heavy atom. The summed E-state index contributed by atoms with van der Waals surface area (Å²) in [5.41, 5.74) is 3.90. The van der Waals surface area contributed by atoms with E-state index in [9.17, 15) is 14.7 Å². The molecular formula is C23H16ClN7O3S. The van der Waals surface area contributed by atoms with Gasteiger partial charge in [0.2, 0.25) is 0 Å². The van der Waals surface area contributed by atoms with Crippen molar-refractivity contribution in [3.8, 4) is 27.4 Å². The lowest BCUT2D eigenvalue weighted by Crippen LogP contribution is -2.23. The highest BCUT2D eigenvalue weighted by atomic mass is 35.5. The Morgan fingerprint density at radius 2 is 2.11 bits per heavy atom. The van der Waals surface area contributed by atoms with Gasteiger partial charge in [-0.1, -0.05) is 11.6 Å². The molecule has 35 heavy (non-hydrogen) atoms. The number of benzene rings is 1. The van der Waals surface area contributed by atoms with E-state index in [1.165, 1.54) is 22.3 Å². The minimum Gasteiger partial charge on any atom is -0.478 e. The van der Waals surface area contributed by atoms with Crippen molar-refractivity contribution in [3.63, 3.8) is 0 Å². The first-order chi connectivity index (χ1) is 17.0. The van der Waals surface area contributed by atoms with Gasteiger partial charge in [0.15, 0.2) is 0 Å². The van der Waals surface area contributed by atoms with Crippen LogP contribution in [0.1, 0.15) is 34.3 Å². The monoisotopic (exact) mass is 505 g/mol. The lowest BCUT2D eigenvalue weighted by molar-refractivity contribution is 0.0697. The summed E-state index contributed by atoms with van der Waals surface area (Å²) in [5.74, 6) is -0.307. The van der Waals surface area contributed by atoms with Gasteiger partial charge < -0.3 is 14.7 Å². The molecule has 174 valence electrons. The highest BCUT2D eigenvalue weighted by molar-refractivity contribution is 7.13. The second-order valence-electron chi connectivity index (χ2n) is 8.10. The summed E-state index contributed by atoms with van der Waals surface area (Å²) in [5, 5.41) is 22.7. The minimum atomic E-state index is -0.970. The van der Waals surface area contributed by atoms with Crippen molar-refractivity contribution in [2.24, 2.45) is 0 Å². The van der Waals surface area contributed by atoms with E-state index in [4.69, 9.17) is 11.6 Å². The van der Waals surface area contributed by atoms with Crippen molar-refractivity contribution in [2.45, 2.75) is 18.9 Å². The van der Waals surface area contributed by atoms with Gasteiger partial charge in [0, 0.05) is 27.7 Å². The number of H-pyrrole nitrogens is 1. The summed E-state index contributed by atoms with van der Waals surface area (Å²) < 4.78 is 3.29. The SMILES string of the molecule is O=C(O)c1csc(-c2cnc(C3CCc4cc(-c5cc(Cl)ccc5-n5cnnn5)cc(=O)n43)[nH]2)c1. The van der Waals surface area contributed by atoms with Crippen LogP contribution in [0.15, 0.2) is 59.1 Å². The molecule has 10 nitrogen and oxygen atoms in total. The van der Waals surface area contributed by atoms with Crippen molar-refractivity contribution in [2.75, 3.05) is 0 Å². The number of halogens is 1. The van der Waals surface area contributed by atoms with Gasteiger partial charge in [0.05, 0.1) is 34.1 Å². The number of carbonyl (C=O) groups is 1. The van der Waals surface area contributed by atoms with Crippen LogP contribution >= 0.6 is 22.9 Å². The smallest absolute Gasteiger partial charge is 0.336 e. The Kier molecular flexibility index (Phi) is 5.08. The van der Waals surface area contributed by atoms with E-state index in [-0.39, 0.29) is 17.2 Å². The van der Waals surface area contributed by atoms with Crippen LogP contribution in [0.4, 0.5) is 0 Å². The molecule has 4 aromatic heterocycles. The van der Waals surface area contributed by atoms with Crippen LogP contribution in [0, 0.1) is 0 Å². The summed E-state index contributed by atoms with van der Waals surface area (Å²) in [7, 11) is 0. The van der Waals surface area contributed by atoms with Crippen molar-refractivity contribution < 1.29 is 9.90 Å². The number of rotatable bonds is 5. The van der Waals surface area contributed by atoms with Gasteiger partial charge in [-0.05, 0) is 59.2 Å². The number of aromatic amines is 1. The van der Waals surface area contributed by atoms with Gasteiger partial charge in [-0.25, -0.2) is 9.78 Å². The second-order valence-corrected chi connectivity index (χ2v) is 9.45. The van der Waals surface area contributed by atoms with Crippen LogP contribution in [-0.4, -0.2) is 45.8 Å². The summed E-state index contributed by atoms with van der Waals surface area (Å²) >= 11 is 7.60. The summed E-state index contributed by atoms with van der Waals surface area (Å²) in [6.45, 7) is 0. The van der Waals surface area contributed by atoms with Gasteiger partial charge in [-0.3, -0.25) is 4.79 Å². The molecule has 0 bridgehead atoms. The highest BCUT2D eigenvalue weighted by Crippen LogP contribution is 2.35. The maximum absolute atomic E-state index is 13.3. The number of tetrazole rings is 1. The number of thiophene rings is 1. The molecule has 6 rings (SSSR count). The molecule has 0 spiro atoms. The fraction of sp³-hybridized carbons (Fsp3) is 0.130. The number of aryl methyl sites for hydroxylation is 1. The number of carboxylic acids is 1. The first kappa shape index (κ1) is 21.4. The fourth-order valence-corrected chi connectivity index (χ4v) is 5.46. The Labute approximate surface area is 206 Å². The highest BCUT2D eigenvalue weighted by Gasteiger charge is 2.28. The quantitative estimate of drug-likeness (QED) is 0.371. The minimum absolute atomic E-state index is 0.148. The molecule has 0 aliphatic carbocycles. The third-order valence-electron chi connectivity index (χ3n) is 6.02. The van der Waals surface area contributed by atoms with E-state index < -0.39 is 5.97 Å². The van der Waals surface area contributed by atoms with Gasteiger partial charge in [-0.15, -0.1) is 16.4 Å². The number of hydrogen-bond donors (Lipinski definition) is 2. The molecule has 1 unspecified atom stereocenters. The van der Waals surface area contributed by atoms with Gasteiger partial charge in [0.25, 0.3) is 5.56 Å². The van der Waals surface area contributed by atoms with Crippen molar-refractivity contribution >= 4 is 28.9 Å². The number of aromatic nitrogens is 7. The van der Waals surface area contributed by atoms with Crippen LogP contribution in [0.2, 0.25) is 5.02 Å². The summed E-state index contributed by atoms with van der Waals surface area (Å²) in [6.07, 6.45) is 4.58. The van der Waals surface area contributed by atoms with E-state index in [1.807, 2.05) is 12.1 Å². The molecule has 1 aromatic carbocycles. The fourth-order valence-electron chi connectivity index (χ4n) is 4.44. The van der Waals surface area contributed by atoms with Crippen LogP contribution in [0.3, 0.4) is 0 Å². The van der Waals surface area contributed by atoms with E-state index in [0.717, 1.165) is 27.4 Å². The van der Waals surface area contributed by atoms with E-state index in [1.54, 1.807) is 40.4 Å². The molecule has 1 aliphatic rings. The third-order valence-corrected chi connectivity index (χ3v) is 7.22. The lowest BCUT2D eigenvalue weighted by atomic mass is 10.0. The second kappa shape index (κ2) is 8.29. The first-order valence-electron chi connectivity index (χ1n) is 10.6. The third kappa shape index (κ3) is 3.74. The molecule has 0 amide bonds. The molecule has 5 aromatic rings. The topological polar surface area (TPSA) is 132 Å². The Balaban J connectivity index is 1.37. The zero-order valence-corrected chi connectivity index (χ0v) is 19.5. The van der Waals surface area contributed by atoms with E-state index in [0.29, 0.717) is 29.4 Å². The van der Waals surface area contributed by atoms with Crippen LogP contribution < -0.4 is 5.56 Å². The van der Waals surface area contributed by atoms with Crippen molar-refractivity contribution in [1.29, 1.82) is 0 Å². The van der Waals surface area contributed by atoms with Crippen molar-refractivity contribution in [3.05, 3.63) is 86.8 Å². The zero-order valence-electron chi connectivity index (χ0n) is 17.9. The number of nitrogens with one attached hydrogen (secondary N) is 1. The number of aromatic carboxylic acids is 1. The number of nitrogens with zero attached hydrogens (tertiary/aromatic N) is 6. The Morgan fingerprint density at radius 1 is 1.23 bits per heavy atom. The maximum atomic E-state index is 13.3. The molecule has 2 N–H and O–H groups in total. The number of pyridine rings is 1. The lowest BCUT2D eigenvalue weighted by Gasteiger charge is -2.15. The van der Waals surface area contributed by atoms with E-state index in [2.05, 4.69) is 25.5 Å². The molecule has 0 radical (unpaired) electrons. The number of fused-ring (bicyclic) bond motifs is 1.